The van der Waals surface area contributed by atoms with Crippen LogP contribution in [0.2, 0.25) is 0 Å². The number of hydrogen-bond acceptors (Lipinski definition) is 3. The fourth-order valence-corrected chi connectivity index (χ4v) is 2.10. The van der Waals surface area contributed by atoms with Crippen molar-refractivity contribution in [2.24, 2.45) is 5.73 Å². The van der Waals surface area contributed by atoms with Crippen LogP contribution in [0.15, 0.2) is 12.4 Å². The molecule has 1 aromatic heterocycles. The van der Waals surface area contributed by atoms with E-state index in [-0.39, 0.29) is 0 Å². The fourth-order valence-electron chi connectivity index (χ4n) is 1.89. The summed E-state index contributed by atoms with van der Waals surface area (Å²) in [5.41, 5.74) is 10.6. The van der Waals surface area contributed by atoms with Crippen LogP contribution in [-0.2, 0) is 0 Å². The van der Waals surface area contributed by atoms with E-state index in [0.29, 0.717) is 18.2 Å². The highest BCUT2D eigenvalue weighted by molar-refractivity contribution is 7.80. The molecule has 0 unspecified atom stereocenters. The van der Waals surface area contributed by atoms with Gasteiger partial charge in [0.2, 0.25) is 0 Å². The third kappa shape index (κ3) is 2.44. The fraction of sp³-hybridized carbons (Fsp3) is 0.333. The number of thiocarbonyl (C=S) groups is 1. The Morgan fingerprint density at radius 3 is 3.00 bits per heavy atom. The second-order valence-electron chi connectivity index (χ2n) is 4.16. The molecule has 0 amide bonds. The monoisotopic (exact) mass is 263 g/mol. The van der Waals surface area contributed by atoms with E-state index in [1.165, 1.54) is 0 Å². The Morgan fingerprint density at radius 1 is 1.50 bits per heavy atom. The molecule has 1 heterocycles. The van der Waals surface area contributed by atoms with E-state index in [4.69, 9.17) is 18.0 Å². The summed E-state index contributed by atoms with van der Waals surface area (Å²) in [7, 11) is 0. The molecule has 2 aromatic rings. The first kappa shape index (κ1) is 12.8. The quantitative estimate of drug-likeness (QED) is 0.630. The zero-order chi connectivity index (χ0) is 13.1. The van der Waals surface area contributed by atoms with Gasteiger partial charge in [-0.2, -0.15) is 0 Å². The molecule has 0 aliphatic rings. The van der Waals surface area contributed by atoms with E-state index in [9.17, 15) is 0 Å². The van der Waals surface area contributed by atoms with Crippen LogP contribution >= 0.6 is 12.2 Å². The summed E-state index contributed by atoms with van der Waals surface area (Å²) in [6.45, 7) is 5.28. The predicted molar refractivity (Wildman–Crippen MR) is 78.8 cm³/mol. The van der Waals surface area contributed by atoms with Crippen LogP contribution in [0, 0.1) is 13.8 Å². The Bertz CT molecular complexity index is 575. The first-order valence-corrected chi connectivity index (χ1v) is 6.22. The second-order valence-corrected chi connectivity index (χ2v) is 4.57. The molecular weight excluding hydrogens is 246 g/mol. The van der Waals surface area contributed by atoms with Crippen molar-refractivity contribution in [3.05, 3.63) is 23.5 Å². The molecule has 0 bridgehead atoms. The highest BCUT2D eigenvalue weighted by atomic mass is 32.1. The van der Waals surface area contributed by atoms with Gasteiger partial charge < -0.3 is 21.4 Å². The van der Waals surface area contributed by atoms with Crippen LogP contribution in [0.25, 0.3) is 11.0 Å². The molecule has 5 nitrogen and oxygen atoms in total. The minimum absolute atomic E-state index is 0.554. The van der Waals surface area contributed by atoms with E-state index in [0.717, 1.165) is 27.8 Å². The van der Waals surface area contributed by atoms with Crippen LogP contribution in [0.1, 0.15) is 11.1 Å². The maximum absolute atomic E-state index is 5.42. The molecular formula is C12H17N5S. The Morgan fingerprint density at radius 2 is 2.28 bits per heavy atom. The van der Waals surface area contributed by atoms with Crippen molar-refractivity contribution >= 4 is 34.1 Å². The lowest BCUT2D eigenvalue weighted by Gasteiger charge is -2.13. The highest BCUT2D eigenvalue weighted by Crippen LogP contribution is 2.26. The lowest BCUT2D eigenvalue weighted by atomic mass is 10.1. The zero-order valence-electron chi connectivity index (χ0n) is 10.5. The smallest absolute Gasteiger partial charge is 0.170 e. The summed E-state index contributed by atoms with van der Waals surface area (Å²) in [4.78, 5) is 7.47. The van der Waals surface area contributed by atoms with Gasteiger partial charge in [-0.25, -0.2) is 4.98 Å². The van der Waals surface area contributed by atoms with Crippen molar-refractivity contribution in [1.29, 1.82) is 0 Å². The van der Waals surface area contributed by atoms with Gasteiger partial charge in [0, 0.05) is 24.3 Å². The first-order chi connectivity index (χ1) is 8.63. The van der Waals surface area contributed by atoms with E-state index in [1.807, 2.05) is 13.8 Å². The molecule has 0 atom stereocenters. The van der Waals surface area contributed by atoms with Crippen LogP contribution in [0.4, 0.5) is 5.69 Å². The minimum atomic E-state index is 0.554. The lowest BCUT2D eigenvalue weighted by Crippen LogP contribution is -2.32. The summed E-state index contributed by atoms with van der Waals surface area (Å²) in [6.07, 6.45) is 1.71. The summed E-state index contributed by atoms with van der Waals surface area (Å²) >= 11 is 5.20. The molecule has 5 N–H and O–H groups in total. The second kappa shape index (κ2) is 5.32. The van der Waals surface area contributed by atoms with Gasteiger partial charge in [0.05, 0.1) is 17.4 Å². The van der Waals surface area contributed by atoms with Crippen molar-refractivity contribution < 1.29 is 0 Å². The number of rotatable bonds is 3. The number of nitrogens with zero attached hydrogens (tertiary/aromatic N) is 1. The van der Waals surface area contributed by atoms with Gasteiger partial charge in [-0.05, 0) is 37.7 Å². The standard InChI is InChI=1S/C12H17N5S/c1-7-5-9(17-12(18)14-4-3-13)8(2)11-10(7)15-6-16-11/h5-6H,3-4,13H2,1-2H3,(H,15,16)(H2,14,17,18). The lowest BCUT2D eigenvalue weighted by molar-refractivity contribution is 0.883. The molecule has 18 heavy (non-hydrogen) atoms. The first-order valence-electron chi connectivity index (χ1n) is 5.81. The normalized spacial score (nSPS) is 10.6. The summed E-state index contributed by atoms with van der Waals surface area (Å²) in [6, 6.07) is 2.06. The molecule has 0 aliphatic heterocycles. The minimum Gasteiger partial charge on any atom is -0.361 e. The topological polar surface area (TPSA) is 78.8 Å². The number of aromatic amines is 1. The molecule has 0 saturated carbocycles. The van der Waals surface area contributed by atoms with Crippen LogP contribution in [-0.4, -0.2) is 28.2 Å². The number of anilines is 1. The van der Waals surface area contributed by atoms with Crippen molar-refractivity contribution in [2.75, 3.05) is 18.4 Å². The Hall–Kier alpha value is -1.66. The summed E-state index contributed by atoms with van der Waals surface area (Å²) < 4.78 is 0. The highest BCUT2D eigenvalue weighted by Gasteiger charge is 2.09. The maximum atomic E-state index is 5.42. The zero-order valence-corrected chi connectivity index (χ0v) is 11.3. The Labute approximate surface area is 111 Å². The molecule has 0 aliphatic carbocycles. The number of hydrogen-bond donors (Lipinski definition) is 4. The van der Waals surface area contributed by atoms with E-state index >= 15 is 0 Å². The van der Waals surface area contributed by atoms with Crippen molar-refractivity contribution in [2.45, 2.75) is 13.8 Å². The van der Waals surface area contributed by atoms with Gasteiger partial charge >= 0.3 is 0 Å². The molecule has 2 rings (SSSR count). The Kier molecular flexibility index (Phi) is 3.78. The Balaban J connectivity index is 2.28. The van der Waals surface area contributed by atoms with Crippen molar-refractivity contribution in [3.8, 4) is 0 Å². The number of nitrogens with two attached hydrogens (primary N) is 1. The number of benzene rings is 1. The van der Waals surface area contributed by atoms with Crippen LogP contribution in [0.3, 0.4) is 0 Å². The number of imidazole rings is 1. The molecule has 6 heteroatoms. The number of H-pyrrole nitrogens is 1. The number of aromatic nitrogens is 2. The van der Waals surface area contributed by atoms with Crippen molar-refractivity contribution in [3.63, 3.8) is 0 Å². The molecule has 0 radical (unpaired) electrons. The van der Waals surface area contributed by atoms with Crippen molar-refractivity contribution in [1.82, 2.24) is 15.3 Å². The van der Waals surface area contributed by atoms with Gasteiger partial charge in [-0.3, -0.25) is 0 Å². The third-order valence-corrected chi connectivity index (χ3v) is 3.08. The summed E-state index contributed by atoms with van der Waals surface area (Å²) in [5, 5.41) is 6.80. The molecule has 96 valence electrons. The van der Waals surface area contributed by atoms with Crippen LogP contribution < -0.4 is 16.4 Å². The largest absolute Gasteiger partial charge is 0.361 e. The van der Waals surface area contributed by atoms with Gasteiger partial charge in [0.25, 0.3) is 0 Å². The van der Waals surface area contributed by atoms with Gasteiger partial charge in [-0.15, -0.1) is 0 Å². The van der Waals surface area contributed by atoms with E-state index < -0.39 is 0 Å². The average molecular weight is 263 g/mol. The third-order valence-electron chi connectivity index (χ3n) is 2.83. The number of aryl methyl sites for hydroxylation is 2. The van der Waals surface area contributed by atoms with Gasteiger partial charge in [-0.1, -0.05) is 0 Å². The SMILES string of the molecule is Cc1c(NC(=S)NCCN)cc(C)c2[nH]cnc12. The average Bonchev–Trinajstić information content (AvgIpc) is 2.83. The van der Waals surface area contributed by atoms with E-state index in [1.54, 1.807) is 6.33 Å². The molecule has 0 fully saturated rings. The molecule has 0 spiro atoms. The van der Waals surface area contributed by atoms with Gasteiger partial charge in [0.1, 0.15) is 0 Å². The molecule has 0 saturated heterocycles. The maximum Gasteiger partial charge on any atom is 0.170 e. The number of fused-ring (bicyclic) bond motifs is 1. The number of nitrogens with one attached hydrogen (secondary N) is 3. The molecule has 1 aromatic carbocycles. The van der Waals surface area contributed by atoms with Gasteiger partial charge in [0.15, 0.2) is 5.11 Å². The van der Waals surface area contributed by atoms with Crippen LogP contribution in [0.5, 0.6) is 0 Å². The summed E-state index contributed by atoms with van der Waals surface area (Å²) in [5.74, 6) is 0. The van der Waals surface area contributed by atoms with E-state index in [2.05, 4.69) is 26.7 Å². The predicted octanol–water partition coefficient (Wildman–Crippen LogP) is 1.42.